The van der Waals surface area contributed by atoms with Crippen molar-refractivity contribution in [3.8, 4) is 0 Å². The number of allylic oxidation sites excluding steroid dienone is 1. The first-order valence-corrected chi connectivity index (χ1v) is 20.3. The highest BCUT2D eigenvalue weighted by Gasteiger charge is 2.59. The van der Waals surface area contributed by atoms with Gasteiger partial charge in [-0.05, 0) is 111 Å². The molecule has 3 saturated carbocycles. The summed E-state index contributed by atoms with van der Waals surface area (Å²) < 4.78 is 11.4. The molecule has 4 rings (SSSR count). The van der Waals surface area contributed by atoms with Crippen molar-refractivity contribution in [3.63, 3.8) is 0 Å². The summed E-state index contributed by atoms with van der Waals surface area (Å²) in [5.41, 5.74) is 2.36. The molecule has 0 spiro atoms. The number of ether oxygens (including phenoxy) is 1. The van der Waals surface area contributed by atoms with Crippen molar-refractivity contribution in [2.45, 2.75) is 130 Å². The Labute approximate surface area is 255 Å². The highest BCUT2D eigenvalue weighted by Crippen LogP contribution is 2.67. The van der Waals surface area contributed by atoms with E-state index in [1.807, 2.05) is 0 Å². The van der Waals surface area contributed by atoms with E-state index < -0.39 is 6.10 Å². The molecule has 7 heteroatoms. The molecule has 3 fully saturated rings. The Balaban J connectivity index is 1.27. The number of aliphatic hydroxyl groups is 1. The predicted octanol–water partition coefficient (Wildman–Crippen LogP) is 9.10. The fraction of sp³-hybridized carbons (Fsp3) is 0.912. The average Bonchev–Trinajstić information content (AvgIpc) is 3.28. The molecule has 11 atom stereocenters. The third kappa shape index (κ3) is 8.09. The molecule has 2 N–H and O–H groups in total. The second kappa shape index (κ2) is 15.2. The summed E-state index contributed by atoms with van der Waals surface area (Å²) in [6.07, 6.45) is 17.0. The van der Waals surface area contributed by atoms with E-state index in [9.17, 15) is 9.90 Å². The zero-order valence-electron chi connectivity index (χ0n) is 27.0. The van der Waals surface area contributed by atoms with Crippen LogP contribution in [0.1, 0.15) is 118 Å². The van der Waals surface area contributed by atoms with Crippen LogP contribution in [0.2, 0.25) is 0 Å². The lowest BCUT2D eigenvalue weighted by Crippen LogP contribution is -2.51. The maximum atomic E-state index is 12.5. The Bertz CT molecular complexity index is 883. The predicted molar refractivity (Wildman–Crippen MR) is 175 cm³/mol. The van der Waals surface area contributed by atoms with Crippen LogP contribution < -0.4 is 5.32 Å². The quantitative estimate of drug-likeness (QED) is 0.117. The fourth-order valence-electron chi connectivity index (χ4n) is 9.75. The number of carbonyl (C=O) groups excluding carboxylic acids is 1. The standard InChI is InChI=1S/C34H61NO4P2/c1-23(2)8-7-9-24(3)29-12-13-30-28-11-10-25-22-27(14-18-33(25,4)31(28)15-19-34(29,30)5)39-32(37)35-20-16-26(36)17-21-38-41-40-6/h10,23-24,26-31,36,40-41H,7-9,11-22H2,1-6H3,(H,35,37)/t24-,26?,27+,28?,29-,30?,31?,33+,34-/m0/s1. The van der Waals surface area contributed by atoms with Gasteiger partial charge in [0, 0.05) is 21.5 Å². The third-order valence-corrected chi connectivity index (χ3v) is 13.6. The van der Waals surface area contributed by atoms with Crippen LogP contribution in [0.15, 0.2) is 11.6 Å². The van der Waals surface area contributed by atoms with Gasteiger partial charge in [0.05, 0.1) is 12.7 Å². The molecule has 0 radical (unpaired) electrons. The van der Waals surface area contributed by atoms with Gasteiger partial charge in [0.15, 0.2) is 0 Å². The zero-order valence-corrected chi connectivity index (χ0v) is 29.0. The van der Waals surface area contributed by atoms with Gasteiger partial charge in [0.1, 0.15) is 6.10 Å². The van der Waals surface area contributed by atoms with Crippen LogP contribution in [0, 0.1) is 46.3 Å². The Kier molecular flexibility index (Phi) is 12.5. The number of rotatable bonds is 14. The zero-order chi connectivity index (χ0) is 29.6. The molecule has 1 amide bonds. The van der Waals surface area contributed by atoms with E-state index in [1.54, 1.807) is 5.57 Å². The molecule has 0 heterocycles. The summed E-state index contributed by atoms with van der Waals surface area (Å²) in [5.74, 6) is 5.07. The minimum atomic E-state index is -0.448. The Morgan fingerprint density at radius 3 is 2.63 bits per heavy atom. The van der Waals surface area contributed by atoms with Crippen LogP contribution >= 0.6 is 16.8 Å². The van der Waals surface area contributed by atoms with Crippen molar-refractivity contribution < 1.29 is 19.2 Å². The molecular formula is C34H61NO4P2. The van der Waals surface area contributed by atoms with E-state index in [-0.39, 0.29) is 17.6 Å². The highest BCUT2D eigenvalue weighted by atomic mass is 32.0. The van der Waals surface area contributed by atoms with E-state index in [1.165, 1.54) is 51.4 Å². The summed E-state index contributed by atoms with van der Waals surface area (Å²) in [6, 6.07) is 0. The first kappa shape index (κ1) is 33.7. The number of carbonyl (C=O) groups is 1. The molecule has 5 nitrogen and oxygen atoms in total. The van der Waals surface area contributed by atoms with Gasteiger partial charge in [0.2, 0.25) is 0 Å². The van der Waals surface area contributed by atoms with Crippen molar-refractivity contribution in [3.05, 3.63) is 11.6 Å². The first-order valence-electron chi connectivity index (χ1n) is 16.9. The monoisotopic (exact) mass is 609 g/mol. The topological polar surface area (TPSA) is 67.8 Å². The lowest BCUT2D eigenvalue weighted by Gasteiger charge is -2.58. The second-order valence-electron chi connectivity index (χ2n) is 14.9. The molecule has 236 valence electrons. The van der Waals surface area contributed by atoms with Gasteiger partial charge >= 0.3 is 6.09 Å². The maximum Gasteiger partial charge on any atom is 0.407 e. The number of hydrogen-bond acceptors (Lipinski definition) is 4. The van der Waals surface area contributed by atoms with Crippen LogP contribution in [0.3, 0.4) is 0 Å². The van der Waals surface area contributed by atoms with Crippen LogP contribution in [0.25, 0.3) is 0 Å². The van der Waals surface area contributed by atoms with Gasteiger partial charge in [-0.2, -0.15) is 0 Å². The summed E-state index contributed by atoms with van der Waals surface area (Å²) in [6.45, 7) is 15.6. The third-order valence-electron chi connectivity index (χ3n) is 12.0. The Hall–Kier alpha value is -0.210. The molecule has 6 unspecified atom stereocenters. The molecule has 0 saturated heterocycles. The number of fused-ring (bicyclic) bond motifs is 5. The molecule has 4 aliphatic rings. The van der Waals surface area contributed by atoms with E-state index in [0.717, 1.165) is 63.0 Å². The van der Waals surface area contributed by atoms with Gasteiger partial charge in [-0.3, -0.25) is 0 Å². The summed E-state index contributed by atoms with van der Waals surface area (Å²) in [4.78, 5) is 12.5. The lowest BCUT2D eigenvalue weighted by molar-refractivity contribution is -0.0581. The van der Waals surface area contributed by atoms with Crippen molar-refractivity contribution in [2.75, 3.05) is 19.8 Å². The SMILES string of the molecule is CPPOCCC(O)CCNC(=O)O[C@@H]1CC[C@]2(C)C(=CCC3C2CC[C@]2(C)C3CC[C@H]2[C@@H](C)CCCC(C)C)C1. The first-order chi connectivity index (χ1) is 19.6. The number of alkyl carbamates (subject to hydrolysis) is 1. The Morgan fingerprint density at radius 1 is 1.07 bits per heavy atom. The van der Waals surface area contributed by atoms with Gasteiger partial charge in [-0.1, -0.05) is 73.8 Å². The molecule has 0 aromatic rings. The van der Waals surface area contributed by atoms with Crippen molar-refractivity contribution in [2.24, 2.45) is 46.3 Å². The molecule has 0 bridgehead atoms. The molecule has 4 aliphatic carbocycles. The molecule has 0 aromatic heterocycles. The van der Waals surface area contributed by atoms with Crippen LogP contribution in [-0.2, 0) is 9.26 Å². The second-order valence-corrected chi connectivity index (χ2v) is 18.0. The average molecular weight is 610 g/mol. The summed E-state index contributed by atoms with van der Waals surface area (Å²) >= 11 is 0. The van der Waals surface area contributed by atoms with Crippen molar-refractivity contribution in [1.82, 2.24) is 5.32 Å². The van der Waals surface area contributed by atoms with E-state index in [2.05, 4.69) is 52.7 Å². The normalized spacial score (nSPS) is 36.7. The number of amides is 1. The van der Waals surface area contributed by atoms with Crippen LogP contribution in [-0.4, -0.2) is 43.2 Å². The molecule has 41 heavy (non-hydrogen) atoms. The summed E-state index contributed by atoms with van der Waals surface area (Å²) in [7, 11) is 1.33. The largest absolute Gasteiger partial charge is 0.446 e. The molecular weight excluding hydrogens is 548 g/mol. The summed E-state index contributed by atoms with van der Waals surface area (Å²) in [5, 5.41) is 13.0. The van der Waals surface area contributed by atoms with Crippen molar-refractivity contribution in [1.29, 1.82) is 0 Å². The Morgan fingerprint density at radius 2 is 1.88 bits per heavy atom. The van der Waals surface area contributed by atoms with Crippen LogP contribution in [0.4, 0.5) is 4.79 Å². The lowest BCUT2D eigenvalue weighted by atomic mass is 9.47. The van der Waals surface area contributed by atoms with Gasteiger partial charge in [0.25, 0.3) is 0 Å². The van der Waals surface area contributed by atoms with E-state index >= 15 is 0 Å². The van der Waals surface area contributed by atoms with Crippen molar-refractivity contribution >= 4 is 22.9 Å². The molecule has 0 aromatic carbocycles. The minimum Gasteiger partial charge on any atom is -0.446 e. The fourth-order valence-corrected chi connectivity index (χ4v) is 10.9. The van der Waals surface area contributed by atoms with Gasteiger partial charge < -0.3 is 19.7 Å². The highest BCUT2D eigenvalue weighted by molar-refractivity contribution is 8.09. The maximum absolute atomic E-state index is 12.5. The van der Waals surface area contributed by atoms with Gasteiger partial charge in [-0.25, -0.2) is 4.79 Å². The number of nitrogens with one attached hydrogen (secondary N) is 1. The van der Waals surface area contributed by atoms with E-state index in [0.29, 0.717) is 39.9 Å². The van der Waals surface area contributed by atoms with E-state index in [4.69, 9.17) is 9.26 Å². The smallest absolute Gasteiger partial charge is 0.407 e. The molecule has 0 aliphatic heterocycles. The number of hydrogen-bond donors (Lipinski definition) is 2. The number of aliphatic hydroxyl groups excluding tert-OH is 1. The van der Waals surface area contributed by atoms with Crippen LogP contribution in [0.5, 0.6) is 0 Å². The minimum absolute atomic E-state index is 0.0310. The van der Waals surface area contributed by atoms with Gasteiger partial charge in [-0.15, -0.1) is 0 Å².